The quantitative estimate of drug-likeness (QED) is 0.596. The van der Waals surface area contributed by atoms with Crippen LogP contribution in [0.3, 0.4) is 0 Å². The molecule has 15 heavy (non-hydrogen) atoms. The molecule has 0 amide bonds. The highest BCUT2D eigenvalue weighted by Crippen LogP contribution is 2.46. The number of fused-ring (bicyclic) bond motifs is 3. The molecular formula is C12H24N2O. The molecule has 0 aromatic rings. The van der Waals surface area contributed by atoms with Crippen molar-refractivity contribution in [2.24, 2.45) is 0 Å². The third-order valence-corrected chi connectivity index (χ3v) is 4.31. The predicted molar refractivity (Wildman–Crippen MR) is 61.9 cm³/mol. The summed E-state index contributed by atoms with van der Waals surface area (Å²) in [6, 6.07) is 0. The van der Waals surface area contributed by atoms with Gasteiger partial charge in [-0.1, -0.05) is 0 Å². The van der Waals surface area contributed by atoms with E-state index in [0.717, 1.165) is 32.4 Å². The fraction of sp³-hybridized carbons (Fsp3) is 1.00. The summed E-state index contributed by atoms with van der Waals surface area (Å²) in [5.41, 5.74) is 0.0760. The Labute approximate surface area is 92.6 Å². The molecule has 0 unspecified atom stereocenters. The minimum Gasteiger partial charge on any atom is -0.390 e. The molecule has 0 aromatic heterocycles. The third-order valence-electron chi connectivity index (χ3n) is 4.31. The van der Waals surface area contributed by atoms with E-state index in [-0.39, 0.29) is 5.60 Å². The Bertz CT molecular complexity index is 193. The highest BCUT2D eigenvalue weighted by Gasteiger charge is 2.47. The fourth-order valence-electron chi connectivity index (χ4n) is 3.05. The molecular weight excluding hydrogens is 188 g/mol. The second kappa shape index (κ2) is 4.40. The van der Waals surface area contributed by atoms with E-state index in [2.05, 4.69) is 10.6 Å². The van der Waals surface area contributed by atoms with Crippen LogP contribution in [0.5, 0.6) is 0 Å². The van der Waals surface area contributed by atoms with E-state index in [9.17, 15) is 5.11 Å². The molecule has 3 saturated carbocycles. The van der Waals surface area contributed by atoms with Crippen LogP contribution in [0.1, 0.15) is 44.9 Å². The average Bonchev–Trinajstić information content (AvgIpc) is 2.27. The smallest absolute Gasteiger partial charge is 0.0649 e. The standard InChI is InChI=1S/C12H24N2O/c1-13-9-2-10-14-11-3-6-12(15,7-4-11)8-5-11/h13-15H,2-10H2,1H3. The Balaban J connectivity index is 1.77. The van der Waals surface area contributed by atoms with Gasteiger partial charge in [-0.15, -0.1) is 0 Å². The molecule has 0 aliphatic heterocycles. The number of aliphatic hydroxyl groups is 1. The first-order chi connectivity index (χ1) is 7.18. The van der Waals surface area contributed by atoms with Gasteiger partial charge < -0.3 is 15.7 Å². The lowest BCUT2D eigenvalue weighted by Gasteiger charge is -2.51. The first-order valence-corrected chi connectivity index (χ1v) is 6.30. The van der Waals surface area contributed by atoms with Crippen LogP contribution in [0, 0.1) is 0 Å². The number of nitrogens with one attached hydrogen (secondary N) is 2. The van der Waals surface area contributed by atoms with E-state index in [0.29, 0.717) is 5.54 Å². The minimum atomic E-state index is -0.297. The fourth-order valence-corrected chi connectivity index (χ4v) is 3.05. The molecule has 3 heteroatoms. The third kappa shape index (κ3) is 2.52. The molecule has 0 radical (unpaired) electrons. The lowest BCUT2D eigenvalue weighted by molar-refractivity contribution is -0.0724. The normalized spacial score (nSPS) is 39.6. The first-order valence-electron chi connectivity index (χ1n) is 6.30. The zero-order chi connectivity index (χ0) is 10.8. The summed E-state index contributed by atoms with van der Waals surface area (Å²) < 4.78 is 0. The van der Waals surface area contributed by atoms with Crippen molar-refractivity contribution in [2.45, 2.75) is 56.1 Å². The summed E-state index contributed by atoms with van der Waals surface area (Å²) in [4.78, 5) is 0. The van der Waals surface area contributed by atoms with Gasteiger partial charge in [-0.3, -0.25) is 0 Å². The highest BCUT2D eigenvalue weighted by atomic mass is 16.3. The minimum absolute atomic E-state index is 0.297. The van der Waals surface area contributed by atoms with Gasteiger partial charge in [-0.25, -0.2) is 0 Å². The molecule has 3 nitrogen and oxygen atoms in total. The molecule has 0 heterocycles. The van der Waals surface area contributed by atoms with Crippen molar-refractivity contribution in [3.8, 4) is 0 Å². The van der Waals surface area contributed by atoms with Crippen LogP contribution in [0.15, 0.2) is 0 Å². The Morgan fingerprint density at radius 3 is 2.13 bits per heavy atom. The van der Waals surface area contributed by atoms with Gasteiger partial charge in [-0.2, -0.15) is 0 Å². The van der Waals surface area contributed by atoms with Crippen molar-refractivity contribution >= 4 is 0 Å². The van der Waals surface area contributed by atoms with Crippen molar-refractivity contribution in [1.29, 1.82) is 0 Å². The largest absolute Gasteiger partial charge is 0.390 e. The number of hydrogen-bond donors (Lipinski definition) is 3. The van der Waals surface area contributed by atoms with Gasteiger partial charge in [0.1, 0.15) is 0 Å². The van der Waals surface area contributed by atoms with Gasteiger partial charge in [0.25, 0.3) is 0 Å². The van der Waals surface area contributed by atoms with Crippen molar-refractivity contribution in [2.75, 3.05) is 20.1 Å². The molecule has 0 aromatic carbocycles. The first kappa shape index (κ1) is 11.4. The zero-order valence-electron chi connectivity index (χ0n) is 9.81. The predicted octanol–water partition coefficient (Wildman–Crippen LogP) is 1.02. The van der Waals surface area contributed by atoms with Crippen LogP contribution in [0.2, 0.25) is 0 Å². The van der Waals surface area contributed by atoms with E-state index in [4.69, 9.17) is 0 Å². The summed E-state index contributed by atoms with van der Waals surface area (Å²) in [6.45, 7) is 2.20. The lowest BCUT2D eigenvalue weighted by Crippen LogP contribution is -2.57. The Morgan fingerprint density at radius 1 is 1.00 bits per heavy atom. The number of rotatable bonds is 5. The maximum atomic E-state index is 10.1. The van der Waals surface area contributed by atoms with Crippen molar-refractivity contribution in [1.82, 2.24) is 10.6 Å². The molecule has 3 rings (SSSR count). The van der Waals surface area contributed by atoms with Gasteiger partial charge in [0.05, 0.1) is 5.60 Å². The zero-order valence-corrected chi connectivity index (χ0v) is 9.81. The van der Waals surface area contributed by atoms with Gasteiger partial charge >= 0.3 is 0 Å². The Hall–Kier alpha value is -0.120. The molecule has 0 spiro atoms. The van der Waals surface area contributed by atoms with Crippen LogP contribution in [0.4, 0.5) is 0 Å². The van der Waals surface area contributed by atoms with Crippen molar-refractivity contribution in [3.63, 3.8) is 0 Å². The van der Waals surface area contributed by atoms with Crippen molar-refractivity contribution in [3.05, 3.63) is 0 Å². The average molecular weight is 212 g/mol. The summed E-state index contributed by atoms with van der Waals surface area (Å²) in [7, 11) is 2.00. The monoisotopic (exact) mass is 212 g/mol. The second-order valence-electron chi connectivity index (χ2n) is 5.39. The van der Waals surface area contributed by atoms with Gasteiger partial charge in [0.2, 0.25) is 0 Å². The molecule has 3 aliphatic carbocycles. The Kier molecular flexibility index (Phi) is 3.33. The van der Waals surface area contributed by atoms with E-state index in [1.807, 2.05) is 7.05 Å². The SMILES string of the molecule is CNCCCNC12CCC(O)(CC1)CC2. The summed E-state index contributed by atoms with van der Waals surface area (Å²) >= 11 is 0. The van der Waals surface area contributed by atoms with E-state index in [1.54, 1.807) is 0 Å². The summed E-state index contributed by atoms with van der Waals surface area (Å²) in [5.74, 6) is 0. The van der Waals surface area contributed by atoms with Crippen LogP contribution in [-0.4, -0.2) is 36.4 Å². The highest BCUT2D eigenvalue weighted by molar-refractivity contribution is 5.04. The molecule has 2 bridgehead atoms. The summed E-state index contributed by atoms with van der Waals surface area (Å²) in [5, 5.41) is 17.0. The molecule has 0 atom stereocenters. The Morgan fingerprint density at radius 2 is 1.60 bits per heavy atom. The maximum absolute atomic E-state index is 10.1. The molecule has 0 saturated heterocycles. The lowest BCUT2D eigenvalue weighted by atomic mass is 9.63. The van der Waals surface area contributed by atoms with Crippen LogP contribution >= 0.6 is 0 Å². The number of hydrogen-bond acceptors (Lipinski definition) is 3. The molecule has 3 fully saturated rings. The van der Waals surface area contributed by atoms with E-state index in [1.165, 1.54) is 25.7 Å². The van der Waals surface area contributed by atoms with Crippen LogP contribution < -0.4 is 10.6 Å². The van der Waals surface area contributed by atoms with Gasteiger partial charge in [0, 0.05) is 5.54 Å². The summed E-state index contributed by atoms with van der Waals surface area (Å²) in [6.07, 6.45) is 7.72. The van der Waals surface area contributed by atoms with Crippen LogP contribution in [0.25, 0.3) is 0 Å². The van der Waals surface area contributed by atoms with Gasteiger partial charge in [-0.05, 0) is 65.1 Å². The topological polar surface area (TPSA) is 44.3 Å². The molecule has 88 valence electrons. The second-order valence-corrected chi connectivity index (χ2v) is 5.39. The maximum Gasteiger partial charge on any atom is 0.0649 e. The molecule has 3 N–H and O–H groups in total. The van der Waals surface area contributed by atoms with E-state index >= 15 is 0 Å². The van der Waals surface area contributed by atoms with E-state index < -0.39 is 0 Å². The van der Waals surface area contributed by atoms with Gasteiger partial charge in [0.15, 0.2) is 0 Å². The van der Waals surface area contributed by atoms with Crippen LogP contribution in [-0.2, 0) is 0 Å². The van der Waals surface area contributed by atoms with Crippen molar-refractivity contribution < 1.29 is 5.11 Å². The molecule has 3 aliphatic rings.